The molecule has 1 atom stereocenters. The number of rotatable bonds is 6. The highest BCUT2D eigenvalue weighted by molar-refractivity contribution is 7.87. The van der Waals surface area contributed by atoms with Crippen molar-refractivity contribution in [1.82, 2.24) is 9.03 Å². The van der Waals surface area contributed by atoms with Crippen LogP contribution in [0.4, 0.5) is 0 Å². The highest BCUT2D eigenvalue weighted by atomic mass is 32.2. The first-order chi connectivity index (χ1) is 8.36. The maximum absolute atomic E-state index is 12.1. The lowest BCUT2D eigenvalue weighted by Gasteiger charge is -2.30. The molecule has 7 heteroatoms. The Morgan fingerprint density at radius 3 is 2.50 bits per heavy atom. The Bertz CT molecular complexity index is 375. The number of piperidine rings is 1. The van der Waals surface area contributed by atoms with E-state index in [0.29, 0.717) is 25.4 Å². The largest absolute Gasteiger partial charge is 0.386 e. The van der Waals surface area contributed by atoms with Crippen molar-refractivity contribution >= 4 is 16.0 Å². The molecule has 0 aliphatic carbocycles. The first-order valence-electron chi connectivity index (χ1n) is 6.48. The standard InChI is InChI=1S/C11H24N4O2S/c1-3-4-10(11(12)13)14-18(16,17)15-7-5-9(2)6-8-15/h9-10,14H,3-8H2,1-2H3,(H3,12,13). The van der Waals surface area contributed by atoms with Gasteiger partial charge in [-0.05, 0) is 25.2 Å². The molecule has 0 spiro atoms. The number of nitrogens with zero attached hydrogens (tertiary/aromatic N) is 1. The van der Waals surface area contributed by atoms with Gasteiger partial charge in [0.2, 0.25) is 0 Å². The van der Waals surface area contributed by atoms with Crippen LogP contribution in [0.25, 0.3) is 0 Å². The molecule has 1 aliphatic rings. The van der Waals surface area contributed by atoms with Crippen LogP contribution >= 0.6 is 0 Å². The van der Waals surface area contributed by atoms with Crippen LogP contribution in [-0.2, 0) is 10.2 Å². The third kappa shape index (κ3) is 4.22. The summed E-state index contributed by atoms with van der Waals surface area (Å²) < 4.78 is 28.3. The van der Waals surface area contributed by atoms with Gasteiger partial charge in [0.25, 0.3) is 10.2 Å². The van der Waals surface area contributed by atoms with E-state index in [-0.39, 0.29) is 5.84 Å². The lowest BCUT2D eigenvalue weighted by molar-refractivity contribution is 0.284. The predicted molar refractivity (Wildman–Crippen MR) is 72.6 cm³/mol. The Morgan fingerprint density at radius 2 is 2.06 bits per heavy atom. The molecule has 0 radical (unpaired) electrons. The summed E-state index contributed by atoms with van der Waals surface area (Å²) in [5.74, 6) is 0.460. The molecule has 4 N–H and O–H groups in total. The van der Waals surface area contributed by atoms with Crippen LogP contribution in [0.15, 0.2) is 0 Å². The van der Waals surface area contributed by atoms with E-state index in [4.69, 9.17) is 11.1 Å². The Balaban J connectivity index is 2.65. The van der Waals surface area contributed by atoms with Gasteiger partial charge in [-0.2, -0.15) is 17.4 Å². The maximum Gasteiger partial charge on any atom is 0.280 e. The van der Waals surface area contributed by atoms with Crippen LogP contribution < -0.4 is 10.5 Å². The minimum atomic E-state index is -3.51. The van der Waals surface area contributed by atoms with Gasteiger partial charge in [-0.3, -0.25) is 5.41 Å². The fourth-order valence-corrected chi connectivity index (χ4v) is 3.49. The normalized spacial score (nSPS) is 20.8. The van der Waals surface area contributed by atoms with Crippen molar-refractivity contribution in [2.75, 3.05) is 13.1 Å². The van der Waals surface area contributed by atoms with E-state index >= 15 is 0 Å². The van der Waals surface area contributed by atoms with E-state index in [1.54, 1.807) is 0 Å². The van der Waals surface area contributed by atoms with Crippen LogP contribution in [0, 0.1) is 11.3 Å². The molecule has 106 valence electrons. The fourth-order valence-electron chi connectivity index (χ4n) is 2.05. The highest BCUT2D eigenvalue weighted by Gasteiger charge is 2.29. The molecule has 1 heterocycles. The molecule has 6 nitrogen and oxygen atoms in total. The molecule has 1 unspecified atom stereocenters. The summed E-state index contributed by atoms with van der Waals surface area (Å²) >= 11 is 0. The molecule has 0 aromatic carbocycles. The van der Waals surface area contributed by atoms with Crippen molar-refractivity contribution in [3.63, 3.8) is 0 Å². The topological polar surface area (TPSA) is 99.3 Å². The highest BCUT2D eigenvalue weighted by Crippen LogP contribution is 2.18. The van der Waals surface area contributed by atoms with Gasteiger partial charge in [0.05, 0.1) is 6.04 Å². The molecule has 1 fully saturated rings. The van der Waals surface area contributed by atoms with E-state index in [2.05, 4.69) is 11.6 Å². The summed E-state index contributed by atoms with van der Waals surface area (Å²) in [6, 6.07) is -0.584. The van der Waals surface area contributed by atoms with Gasteiger partial charge in [-0.1, -0.05) is 20.3 Å². The maximum atomic E-state index is 12.1. The van der Waals surface area contributed by atoms with Crippen molar-refractivity contribution in [2.45, 2.75) is 45.6 Å². The van der Waals surface area contributed by atoms with Crippen molar-refractivity contribution in [3.8, 4) is 0 Å². The third-order valence-electron chi connectivity index (χ3n) is 3.33. The third-order valence-corrected chi connectivity index (χ3v) is 4.95. The van der Waals surface area contributed by atoms with Crippen molar-refractivity contribution in [2.24, 2.45) is 11.7 Å². The lowest BCUT2D eigenvalue weighted by atomic mass is 10.0. The second kappa shape index (κ2) is 6.49. The zero-order valence-corrected chi connectivity index (χ0v) is 12.0. The number of hydrogen-bond acceptors (Lipinski definition) is 3. The van der Waals surface area contributed by atoms with Crippen LogP contribution in [0.3, 0.4) is 0 Å². The Kier molecular flexibility index (Phi) is 5.55. The molecular weight excluding hydrogens is 252 g/mol. The van der Waals surface area contributed by atoms with E-state index < -0.39 is 16.3 Å². The second-order valence-corrected chi connectivity index (χ2v) is 6.70. The molecule has 0 aromatic rings. The summed E-state index contributed by atoms with van der Waals surface area (Å²) in [6.07, 6.45) is 3.11. The van der Waals surface area contributed by atoms with E-state index in [0.717, 1.165) is 19.3 Å². The molecule has 1 aliphatic heterocycles. The minimum Gasteiger partial charge on any atom is -0.386 e. The predicted octanol–water partition coefficient (Wildman–Crippen LogP) is 0.657. The Labute approximate surface area is 110 Å². The quantitative estimate of drug-likeness (QED) is 0.491. The molecular formula is C11H24N4O2S. The van der Waals surface area contributed by atoms with Gasteiger partial charge >= 0.3 is 0 Å². The van der Waals surface area contributed by atoms with Crippen molar-refractivity contribution in [3.05, 3.63) is 0 Å². The molecule has 0 aromatic heterocycles. The summed E-state index contributed by atoms with van der Waals surface area (Å²) in [5.41, 5.74) is 5.42. The summed E-state index contributed by atoms with van der Waals surface area (Å²) in [5, 5.41) is 7.41. The van der Waals surface area contributed by atoms with E-state index in [1.165, 1.54) is 4.31 Å². The Hall–Kier alpha value is -0.660. The van der Waals surface area contributed by atoms with Crippen molar-refractivity contribution < 1.29 is 8.42 Å². The average molecular weight is 276 g/mol. The first-order valence-corrected chi connectivity index (χ1v) is 7.92. The van der Waals surface area contributed by atoms with Gasteiger partial charge in [-0.15, -0.1) is 0 Å². The van der Waals surface area contributed by atoms with Gasteiger partial charge in [-0.25, -0.2) is 0 Å². The molecule has 1 saturated heterocycles. The van der Waals surface area contributed by atoms with Gasteiger partial charge in [0.1, 0.15) is 5.84 Å². The smallest absolute Gasteiger partial charge is 0.280 e. The SMILES string of the molecule is CCCC(NS(=O)(=O)N1CCC(C)CC1)C(=N)N. The number of nitrogens with two attached hydrogens (primary N) is 1. The van der Waals surface area contributed by atoms with Crippen molar-refractivity contribution in [1.29, 1.82) is 5.41 Å². The molecule has 0 bridgehead atoms. The van der Waals surface area contributed by atoms with E-state index in [1.807, 2.05) is 6.92 Å². The van der Waals surface area contributed by atoms with Gasteiger partial charge < -0.3 is 5.73 Å². The van der Waals surface area contributed by atoms with Crippen LogP contribution in [-0.4, -0.2) is 37.7 Å². The Morgan fingerprint density at radius 1 is 1.50 bits per heavy atom. The van der Waals surface area contributed by atoms with Crippen LogP contribution in [0.2, 0.25) is 0 Å². The second-order valence-electron chi connectivity index (χ2n) is 5.00. The molecule has 0 amide bonds. The summed E-state index contributed by atoms with van der Waals surface area (Å²) in [4.78, 5) is 0. The molecule has 1 rings (SSSR count). The van der Waals surface area contributed by atoms with Crippen LogP contribution in [0.1, 0.15) is 39.5 Å². The zero-order chi connectivity index (χ0) is 13.8. The van der Waals surface area contributed by atoms with Gasteiger partial charge in [0.15, 0.2) is 0 Å². The molecule has 0 saturated carbocycles. The fraction of sp³-hybridized carbons (Fsp3) is 0.909. The summed E-state index contributed by atoms with van der Waals surface area (Å²) in [7, 11) is -3.51. The monoisotopic (exact) mass is 276 g/mol. The summed E-state index contributed by atoms with van der Waals surface area (Å²) in [6.45, 7) is 5.17. The van der Waals surface area contributed by atoms with Gasteiger partial charge in [0, 0.05) is 13.1 Å². The average Bonchev–Trinajstić information content (AvgIpc) is 2.28. The number of nitrogens with one attached hydrogen (secondary N) is 2. The van der Waals surface area contributed by atoms with E-state index in [9.17, 15) is 8.42 Å². The minimum absolute atomic E-state index is 0.120. The first kappa shape index (κ1) is 15.4. The molecule has 18 heavy (non-hydrogen) atoms. The zero-order valence-electron chi connectivity index (χ0n) is 11.1. The lowest BCUT2D eigenvalue weighted by Crippen LogP contribution is -2.51. The number of hydrogen-bond donors (Lipinski definition) is 3. The van der Waals surface area contributed by atoms with Crippen LogP contribution in [0.5, 0.6) is 0 Å². The number of amidine groups is 1.